The molecule has 0 aromatic heterocycles. The zero-order chi connectivity index (χ0) is 15.6. The van der Waals surface area contributed by atoms with E-state index in [4.69, 9.17) is 11.6 Å². The lowest BCUT2D eigenvalue weighted by Crippen LogP contribution is -2.13. The van der Waals surface area contributed by atoms with Crippen molar-refractivity contribution in [2.45, 2.75) is 0 Å². The van der Waals surface area contributed by atoms with E-state index >= 15 is 0 Å². The van der Waals surface area contributed by atoms with Crippen LogP contribution in [0.2, 0.25) is 5.02 Å². The quantitative estimate of drug-likeness (QED) is 0.692. The highest BCUT2D eigenvalue weighted by Crippen LogP contribution is 2.24. The molecule has 0 spiro atoms. The molecule has 2 rings (SSSR count). The van der Waals surface area contributed by atoms with Crippen molar-refractivity contribution in [2.24, 2.45) is 0 Å². The predicted octanol–water partition coefficient (Wildman–Crippen LogP) is 3.78. The Kier molecular flexibility index (Phi) is 4.13. The van der Waals surface area contributed by atoms with Crippen molar-refractivity contribution < 1.29 is 18.5 Å². The summed E-state index contributed by atoms with van der Waals surface area (Å²) in [6.07, 6.45) is 0. The van der Waals surface area contributed by atoms with Gasteiger partial charge in [0.1, 0.15) is 5.82 Å². The van der Waals surface area contributed by atoms with Gasteiger partial charge in [0.15, 0.2) is 0 Å². The Morgan fingerprint density at radius 3 is 2.52 bits per heavy atom. The number of nitrogens with zero attached hydrogens (tertiary/aromatic N) is 1. The van der Waals surface area contributed by atoms with Gasteiger partial charge in [-0.3, -0.25) is 14.9 Å². The summed E-state index contributed by atoms with van der Waals surface area (Å²) in [6.45, 7) is 0. The molecule has 0 heterocycles. The Hall–Kier alpha value is -2.54. The molecule has 1 amide bonds. The van der Waals surface area contributed by atoms with Crippen molar-refractivity contribution in [3.63, 3.8) is 0 Å². The molecule has 2 aromatic rings. The van der Waals surface area contributed by atoms with Gasteiger partial charge < -0.3 is 5.32 Å². The van der Waals surface area contributed by atoms with Gasteiger partial charge in [0.2, 0.25) is 5.82 Å². The summed E-state index contributed by atoms with van der Waals surface area (Å²) < 4.78 is 26.1. The van der Waals surface area contributed by atoms with Gasteiger partial charge in [-0.25, -0.2) is 4.39 Å². The van der Waals surface area contributed by atoms with Gasteiger partial charge in [-0.15, -0.1) is 0 Å². The second kappa shape index (κ2) is 5.84. The van der Waals surface area contributed by atoms with Crippen LogP contribution in [0.15, 0.2) is 36.4 Å². The lowest BCUT2D eigenvalue weighted by Gasteiger charge is -2.07. The number of benzene rings is 2. The Bertz CT molecular complexity index is 737. The average Bonchev–Trinajstić information content (AvgIpc) is 2.42. The predicted molar refractivity (Wildman–Crippen MR) is 72.4 cm³/mol. The largest absolute Gasteiger partial charge is 0.321 e. The highest BCUT2D eigenvalue weighted by molar-refractivity contribution is 6.33. The maximum Gasteiger partial charge on any atom is 0.305 e. The highest BCUT2D eigenvalue weighted by Gasteiger charge is 2.18. The number of nitro benzene ring substituents is 1. The van der Waals surface area contributed by atoms with E-state index < -0.39 is 28.2 Å². The first kappa shape index (κ1) is 14.9. The van der Waals surface area contributed by atoms with Gasteiger partial charge in [0.05, 0.1) is 15.6 Å². The number of nitrogens with one attached hydrogen (secondary N) is 1. The van der Waals surface area contributed by atoms with Crippen LogP contribution in [0.5, 0.6) is 0 Å². The highest BCUT2D eigenvalue weighted by atomic mass is 35.5. The summed E-state index contributed by atoms with van der Waals surface area (Å²) in [4.78, 5) is 21.6. The minimum absolute atomic E-state index is 0.0278. The molecule has 8 heteroatoms. The summed E-state index contributed by atoms with van der Waals surface area (Å²) >= 11 is 5.75. The van der Waals surface area contributed by atoms with Crippen molar-refractivity contribution in [2.75, 3.05) is 5.32 Å². The number of nitro groups is 1. The third kappa shape index (κ3) is 3.32. The van der Waals surface area contributed by atoms with Crippen molar-refractivity contribution in [3.8, 4) is 0 Å². The number of carbonyl (C=O) groups excluding carboxylic acids is 1. The molecule has 0 radical (unpaired) electrons. The number of carbonyl (C=O) groups is 1. The SMILES string of the molecule is O=C(Nc1ccc(F)cc1Cl)c1ccc(F)c([N+](=O)[O-])c1. The van der Waals surface area contributed by atoms with E-state index in [0.29, 0.717) is 0 Å². The lowest BCUT2D eigenvalue weighted by molar-refractivity contribution is -0.387. The number of amides is 1. The molecule has 0 saturated carbocycles. The first-order valence-corrected chi connectivity index (χ1v) is 5.96. The molecule has 5 nitrogen and oxygen atoms in total. The first-order chi connectivity index (χ1) is 9.88. The molecule has 0 atom stereocenters. The summed E-state index contributed by atoms with van der Waals surface area (Å²) in [5.74, 6) is -2.35. The third-order valence-electron chi connectivity index (χ3n) is 2.58. The molecule has 0 aliphatic rings. The third-order valence-corrected chi connectivity index (χ3v) is 2.90. The smallest absolute Gasteiger partial charge is 0.305 e. The lowest BCUT2D eigenvalue weighted by atomic mass is 10.1. The molecule has 2 aromatic carbocycles. The number of anilines is 1. The molecular weight excluding hydrogens is 306 g/mol. The summed E-state index contributed by atoms with van der Waals surface area (Å²) in [5, 5.41) is 12.9. The molecule has 0 bridgehead atoms. The molecule has 0 aliphatic heterocycles. The molecule has 0 unspecified atom stereocenters. The van der Waals surface area contributed by atoms with Gasteiger partial charge in [-0.2, -0.15) is 4.39 Å². The van der Waals surface area contributed by atoms with Crippen molar-refractivity contribution in [3.05, 3.63) is 68.7 Å². The van der Waals surface area contributed by atoms with Crippen LogP contribution in [0, 0.1) is 21.7 Å². The number of rotatable bonds is 3. The van der Waals surface area contributed by atoms with Crippen LogP contribution in [0.1, 0.15) is 10.4 Å². The average molecular weight is 313 g/mol. The van der Waals surface area contributed by atoms with Gasteiger partial charge in [-0.05, 0) is 30.3 Å². The Morgan fingerprint density at radius 1 is 1.19 bits per heavy atom. The Balaban J connectivity index is 2.28. The van der Waals surface area contributed by atoms with Gasteiger partial charge >= 0.3 is 5.69 Å². The fraction of sp³-hybridized carbons (Fsp3) is 0. The zero-order valence-electron chi connectivity index (χ0n) is 10.3. The van der Waals surface area contributed by atoms with Crippen LogP contribution in [0.3, 0.4) is 0 Å². The van der Waals surface area contributed by atoms with E-state index in [0.717, 1.165) is 30.3 Å². The standard InChI is InChI=1S/C13H7ClF2N2O3/c14-9-6-8(15)2-4-11(9)17-13(19)7-1-3-10(16)12(5-7)18(20)21/h1-6H,(H,17,19). The summed E-state index contributed by atoms with van der Waals surface area (Å²) in [5.41, 5.74) is -0.800. The zero-order valence-corrected chi connectivity index (χ0v) is 11.0. The van der Waals surface area contributed by atoms with E-state index in [1.54, 1.807) is 0 Å². The molecular formula is C13H7ClF2N2O3. The molecule has 108 valence electrons. The number of hydrogen-bond acceptors (Lipinski definition) is 3. The molecule has 0 fully saturated rings. The van der Waals surface area contributed by atoms with E-state index in [2.05, 4.69) is 5.32 Å². The second-order valence-corrected chi connectivity index (χ2v) is 4.41. The summed E-state index contributed by atoms with van der Waals surface area (Å²) in [7, 11) is 0. The second-order valence-electron chi connectivity index (χ2n) is 4.00. The van der Waals surface area contributed by atoms with Crippen LogP contribution < -0.4 is 5.32 Å². The van der Waals surface area contributed by atoms with Crippen molar-refractivity contribution in [1.29, 1.82) is 0 Å². The van der Waals surface area contributed by atoms with E-state index in [1.807, 2.05) is 0 Å². The van der Waals surface area contributed by atoms with Gasteiger partial charge in [0.25, 0.3) is 5.91 Å². The van der Waals surface area contributed by atoms with Crippen LogP contribution in [0.4, 0.5) is 20.2 Å². The maximum absolute atomic E-state index is 13.2. The maximum atomic E-state index is 13.2. The van der Waals surface area contributed by atoms with Crippen molar-refractivity contribution >= 4 is 28.9 Å². The molecule has 0 aliphatic carbocycles. The topological polar surface area (TPSA) is 72.2 Å². The van der Waals surface area contributed by atoms with E-state index in [1.165, 1.54) is 6.07 Å². The normalized spacial score (nSPS) is 10.2. The Labute approximate surface area is 122 Å². The van der Waals surface area contributed by atoms with Gasteiger partial charge in [-0.1, -0.05) is 11.6 Å². The summed E-state index contributed by atoms with van der Waals surface area (Å²) in [6, 6.07) is 6.06. The van der Waals surface area contributed by atoms with Crippen LogP contribution >= 0.6 is 11.6 Å². The van der Waals surface area contributed by atoms with Gasteiger partial charge in [0, 0.05) is 11.6 Å². The number of hydrogen-bond donors (Lipinski definition) is 1. The molecule has 0 saturated heterocycles. The van der Waals surface area contributed by atoms with E-state index in [-0.39, 0.29) is 16.3 Å². The minimum atomic E-state index is -1.05. The van der Waals surface area contributed by atoms with Crippen molar-refractivity contribution in [1.82, 2.24) is 0 Å². The van der Waals surface area contributed by atoms with Crippen LogP contribution in [-0.2, 0) is 0 Å². The minimum Gasteiger partial charge on any atom is -0.321 e. The van der Waals surface area contributed by atoms with Crippen LogP contribution in [-0.4, -0.2) is 10.8 Å². The monoisotopic (exact) mass is 312 g/mol. The fourth-order valence-corrected chi connectivity index (χ4v) is 1.79. The Morgan fingerprint density at radius 2 is 1.90 bits per heavy atom. The molecule has 1 N–H and O–H groups in total. The van der Waals surface area contributed by atoms with Crippen LogP contribution in [0.25, 0.3) is 0 Å². The molecule has 21 heavy (non-hydrogen) atoms. The number of halogens is 3. The van der Waals surface area contributed by atoms with E-state index in [9.17, 15) is 23.7 Å². The fourth-order valence-electron chi connectivity index (χ4n) is 1.58. The first-order valence-electron chi connectivity index (χ1n) is 5.59.